The van der Waals surface area contributed by atoms with Crippen LogP contribution in [0.3, 0.4) is 0 Å². The lowest BCUT2D eigenvalue weighted by molar-refractivity contribution is 0.0583. The predicted molar refractivity (Wildman–Crippen MR) is 91.5 cm³/mol. The molecule has 1 heterocycles. The summed E-state index contributed by atoms with van der Waals surface area (Å²) in [6, 6.07) is 3.34. The highest BCUT2D eigenvalue weighted by atomic mass is 35.5. The van der Waals surface area contributed by atoms with E-state index >= 15 is 0 Å². The van der Waals surface area contributed by atoms with Gasteiger partial charge in [-0.2, -0.15) is 0 Å². The van der Waals surface area contributed by atoms with E-state index in [1.807, 2.05) is 18.7 Å². The number of amides is 1. The standard InChI is InChI=1S/C17H25ClN2O3/c1-4-23-16-13(18)9-12(10-15(16)22-3)17(21)20-8-6-5-7-14(20)11(2)19/h9-11,14H,4-8,19H2,1-3H3. The van der Waals surface area contributed by atoms with Gasteiger partial charge in [0, 0.05) is 24.2 Å². The van der Waals surface area contributed by atoms with Crippen LogP contribution in [0, 0.1) is 0 Å². The zero-order valence-electron chi connectivity index (χ0n) is 14.0. The van der Waals surface area contributed by atoms with Gasteiger partial charge in [0.25, 0.3) is 5.91 Å². The molecule has 1 amide bonds. The molecule has 0 aliphatic carbocycles. The summed E-state index contributed by atoms with van der Waals surface area (Å²) in [4.78, 5) is 14.8. The van der Waals surface area contributed by atoms with Crippen molar-refractivity contribution in [3.63, 3.8) is 0 Å². The Morgan fingerprint density at radius 3 is 2.83 bits per heavy atom. The van der Waals surface area contributed by atoms with Crippen molar-refractivity contribution in [3.05, 3.63) is 22.7 Å². The van der Waals surface area contributed by atoms with E-state index in [9.17, 15) is 4.79 Å². The number of carbonyl (C=O) groups is 1. The zero-order valence-corrected chi connectivity index (χ0v) is 14.7. The molecule has 0 saturated carbocycles. The summed E-state index contributed by atoms with van der Waals surface area (Å²) in [5.74, 6) is 0.878. The number of nitrogens with zero attached hydrogens (tertiary/aromatic N) is 1. The van der Waals surface area contributed by atoms with Crippen LogP contribution in [0.25, 0.3) is 0 Å². The summed E-state index contributed by atoms with van der Waals surface area (Å²) in [5, 5.41) is 0.379. The third-order valence-corrected chi connectivity index (χ3v) is 4.46. The van der Waals surface area contributed by atoms with Gasteiger partial charge in [-0.15, -0.1) is 0 Å². The molecule has 2 N–H and O–H groups in total. The molecule has 0 spiro atoms. The highest BCUT2D eigenvalue weighted by molar-refractivity contribution is 6.32. The number of methoxy groups -OCH3 is 1. The van der Waals surface area contributed by atoms with Crippen molar-refractivity contribution in [2.75, 3.05) is 20.3 Å². The first kappa shape index (κ1) is 17.9. The minimum atomic E-state index is -0.0600. The Hall–Kier alpha value is -1.46. The fourth-order valence-electron chi connectivity index (χ4n) is 3.05. The SMILES string of the molecule is CCOc1c(Cl)cc(C(=O)N2CCCCC2C(C)N)cc1OC. The molecule has 5 nitrogen and oxygen atoms in total. The number of benzene rings is 1. The molecule has 6 heteroatoms. The van der Waals surface area contributed by atoms with Gasteiger partial charge in [-0.3, -0.25) is 4.79 Å². The van der Waals surface area contributed by atoms with Crippen LogP contribution in [-0.4, -0.2) is 43.2 Å². The molecule has 1 aromatic rings. The van der Waals surface area contributed by atoms with Crippen molar-refractivity contribution in [2.24, 2.45) is 5.73 Å². The van der Waals surface area contributed by atoms with Gasteiger partial charge >= 0.3 is 0 Å². The Bertz CT molecular complexity index is 563. The maximum atomic E-state index is 12.9. The number of nitrogens with two attached hydrogens (primary N) is 1. The summed E-state index contributed by atoms with van der Waals surface area (Å²) >= 11 is 6.27. The first-order valence-electron chi connectivity index (χ1n) is 8.06. The smallest absolute Gasteiger partial charge is 0.254 e. The van der Waals surface area contributed by atoms with E-state index in [1.165, 1.54) is 7.11 Å². The van der Waals surface area contributed by atoms with E-state index in [-0.39, 0.29) is 18.0 Å². The third-order valence-electron chi connectivity index (χ3n) is 4.18. The fourth-order valence-corrected chi connectivity index (χ4v) is 3.31. The largest absolute Gasteiger partial charge is 0.493 e. The van der Waals surface area contributed by atoms with Crippen molar-refractivity contribution < 1.29 is 14.3 Å². The van der Waals surface area contributed by atoms with Crippen LogP contribution < -0.4 is 15.2 Å². The van der Waals surface area contributed by atoms with Crippen molar-refractivity contribution in [1.29, 1.82) is 0 Å². The van der Waals surface area contributed by atoms with Crippen LogP contribution in [0.2, 0.25) is 5.02 Å². The predicted octanol–water partition coefficient (Wildman–Crippen LogP) is 3.09. The number of ether oxygens (including phenoxy) is 2. The molecule has 0 bridgehead atoms. The first-order valence-corrected chi connectivity index (χ1v) is 8.44. The molecule has 2 atom stereocenters. The quantitative estimate of drug-likeness (QED) is 0.894. The maximum Gasteiger partial charge on any atom is 0.254 e. The van der Waals surface area contributed by atoms with Crippen LogP contribution in [0.15, 0.2) is 12.1 Å². The van der Waals surface area contributed by atoms with Crippen LogP contribution in [0.1, 0.15) is 43.5 Å². The molecule has 1 aliphatic heterocycles. The van der Waals surface area contributed by atoms with Crippen molar-refractivity contribution in [1.82, 2.24) is 4.90 Å². The highest BCUT2D eigenvalue weighted by Crippen LogP contribution is 2.37. The van der Waals surface area contributed by atoms with E-state index in [2.05, 4.69) is 0 Å². The van der Waals surface area contributed by atoms with E-state index in [0.717, 1.165) is 25.8 Å². The topological polar surface area (TPSA) is 64.8 Å². The van der Waals surface area contributed by atoms with Crippen molar-refractivity contribution in [3.8, 4) is 11.5 Å². The summed E-state index contributed by atoms with van der Waals surface area (Å²) < 4.78 is 10.8. The molecule has 2 rings (SSSR count). The molecule has 0 aromatic heterocycles. The van der Waals surface area contributed by atoms with Crippen molar-refractivity contribution >= 4 is 17.5 Å². The number of halogens is 1. The van der Waals surface area contributed by atoms with Crippen LogP contribution in [0.5, 0.6) is 11.5 Å². The fraction of sp³-hybridized carbons (Fsp3) is 0.588. The molecular formula is C17H25ClN2O3. The minimum absolute atomic E-state index is 0.0562. The summed E-state index contributed by atoms with van der Waals surface area (Å²) in [6.07, 6.45) is 3.03. The second-order valence-corrected chi connectivity index (χ2v) is 6.25. The molecule has 2 unspecified atom stereocenters. The molecule has 128 valence electrons. The van der Waals surface area contributed by atoms with E-state index < -0.39 is 0 Å². The van der Waals surface area contributed by atoms with Gasteiger partial charge in [0.1, 0.15) is 0 Å². The van der Waals surface area contributed by atoms with Gasteiger partial charge in [-0.1, -0.05) is 11.6 Å². The number of piperidine rings is 1. The number of hydrogen-bond donors (Lipinski definition) is 1. The average molecular weight is 341 g/mol. The van der Waals surface area contributed by atoms with Gasteiger partial charge in [0.05, 0.1) is 18.7 Å². The number of rotatable bonds is 5. The van der Waals surface area contributed by atoms with Crippen LogP contribution in [0.4, 0.5) is 0 Å². The summed E-state index contributed by atoms with van der Waals surface area (Å²) in [7, 11) is 1.54. The highest BCUT2D eigenvalue weighted by Gasteiger charge is 2.30. The van der Waals surface area contributed by atoms with Gasteiger partial charge < -0.3 is 20.1 Å². The molecule has 1 aliphatic rings. The number of carbonyl (C=O) groups excluding carboxylic acids is 1. The lowest BCUT2D eigenvalue weighted by Gasteiger charge is -2.38. The van der Waals surface area contributed by atoms with Gasteiger partial charge in [0.15, 0.2) is 11.5 Å². The minimum Gasteiger partial charge on any atom is -0.493 e. The van der Waals surface area contributed by atoms with E-state index in [1.54, 1.807) is 12.1 Å². The summed E-state index contributed by atoms with van der Waals surface area (Å²) in [6.45, 7) is 5.01. The Morgan fingerprint density at radius 1 is 1.48 bits per heavy atom. The Labute approximate surface area is 142 Å². The Balaban J connectivity index is 2.33. The lowest BCUT2D eigenvalue weighted by Crippen LogP contribution is -2.51. The molecule has 1 saturated heterocycles. The molecule has 1 aromatic carbocycles. The van der Waals surface area contributed by atoms with Gasteiger partial charge in [-0.05, 0) is 45.2 Å². The van der Waals surface area contributed by atoms with Gasteiger partial charge in [-0.25, -0.2) is 0 Å². The second-order valence-electron chi connectivity index (χ2n) is 5.84. The van der Waals surface area contributed by atoms with E-state index in [4.69, 9.17) is 26.8 Å². The molecule has 0 radical (unpaired) electrons. The van der Waals surface area contributed by atoms with Crippen molar-refractivity contribution in [2.45, 2.75) is 45.2 Å². The Kier molecular flexibility index (Phi) is 6.13. The normalized spacial score (nSPS) is 19.3. The van der Waals surface area contributed by atoms with Crippen LogP contribution >= 0.6 is 11.6 Å². The number of hydrogen-bond acceptors (Lipinski definition) is 4. The first-order chi connectivity index (χ1) is 11.0. The summed E-state index contributed by atoms with van der Waals surface area (Å²) in [5.41, 5.74) is 6.56. The van der Waals surface area contributed by atoms with Crippen LogP contribution in [-0.2, 0) is 0 Å². The monoisotopic (exact) mass is 340 g/mol. The number of likely N-dealkylation sites (tertiary alicyclic amines) is 1. The molecule has 23 heavy (non-hydrogen) atoms. The van der Waals surface area contributed by atoms with E-state index in [0.29, 0.717) is 28.7 Å². The average Bonchev–Trinajstić information content (AvgIpc) is 2.55. The zero-order chi connectivity index (χ0) is 17.0. The molecular weight excluding hydrogens is 316 g/mol. The second kappa shape index (κ2) is 7.88. The lowest BCUT2D eigenvalue weighted by atomic mass is 9.96. The Morgan fingerprint density at radius 2 is 2.22 bits per heavy atom. The van der Waals surface area contributed by atoms with Gasteiger partial charge in [0.2, 0.25) is 0 Å². The molecule has 1 fully saturated rings. The third kappa shape index (κ3) is 3.90. The maximum absolute atomic E-state index is 12.9.